The molecule has 3 rings (SSSR count). The van der Waals surface area contributed by atoms with Crippen LogP contribution in [-0.2, 0) is 20.6 Å². The molecule has 1 atom stereocenters. The van der Waals surface area contributed by atoms with E-state index in [0.29, 0.717) is 16.7 Å². The highest BCUT2D eigenvalue weighted by Gasteiger charge is 2.24. The zero-order chi connectivity index (χ0) is 18.3. The Kier molecular flexibility index (Phi) is 4.83. The minimum Gasteiger partial charge on any atom is -0.341 e. The number of imidazole rings is 1. The molecule has 3 heterocycles. The highest BCUT2D eigenvalue weighted by atomic mass is 32.1. The van der Waals surface area contributed by atoms with Crippen LogP contribution in [0.1, 0.15) is 26.7 Å². The Morgan fingerprint density at radius 2 is 2.08 bits per heavy atom. The van der Waals surface area contributed by atoms with Gasteiger partial charge in [-0.2, -0.15) is 0 Å². The first-order valence-corrected chi connectivity index (χ1v) is 9.02. The SMILES string of the molecule is CC(C)=CCn1c(N2CCC[C@@H](N)C2)nc2c(=O)n(C)n(C)c(=S)c21. The number of allylic oxidation sites excluding steroid dienone is 2. The van der Waals surface area contributed by atoms with Crippen LogP contribution in [0.15, 0.2) is 16.4 Å². The maximum Gasteiger partial charge on any atom is 0.293 e. The Bertz CT molecular complexity index is 947. The normalized spacial score (nSPS) is 18.0. The fraction of sp³-hybridized carbons (Fsp3) is 0.588. The summed E-state index contributed by atoms with van der Waals surface area (Å²) in [5.74, 6) is 0.789. The molecule has 0 saturated carbocycles. The van der Waals surface area contributed by atoms with Gasteiger partial charge in [0, 0.05) is 39.8 Å². The first-order valence-electron chi connectivity index (χ1n) is 8.61. The fourth-order valence-corrected chi connectivity index (χ4v) is 3.60. The molecule has 0 aromatic carbocycles. The maximum atomic E-state index is 12.7. The van der Waals surface area contributed by atoms with E-state index in [1.807, 2.05) is 0 Å². The predicted molar refractivity (Wildman–Crippen MR) is 104 cm³/mol. The molecule has 8 heteroatoms. The number of anilines is 1. The second-order valence-electron chi connectivity index (χ2n) is 7.01. The average Bonchev–Trinajstić information content (AvgIpc) is 2.96. The fourth-order valence-electron chi connectivity index (χ4n) is 3.27. The quantitative estimate of drug-likeness (QED) is 0.664. The highest BCUT2D eigenvalue weighted by molar-refractivity contribution is 7.71. The Hall–Kier alpha value is -1.93. The van der Waals surface area contributed by atoms with E-state index in [1.165, 1.54) is 10.3 Å². The molecule has 136 valence electrons. The van der Waals surface area contributed by atoms with Crippen LogP contribution in [0.3, 0.4) is 0 Å². The van der Waals surface area contributed by atoms with Crippen LogP contribution < -0.4 is 16.2 Å². The molecule has 0 aliphatic carbocycles. The average molecular weight is 363 g/mol. The summed E-state index contributed by atoms with van der Waals surface area (Å²) in [6.45, 7) is 6.39. The van der Waals surface area contributed by atoms with Gasteiger partial charge in [0.1, 0.15) is 10.2 Å². The lowest BCUT2D eigenvalue weighted by Gasteiger charge is -2.31. The summed E-state index contributed by atoms with van der Waals surface area (Å²) < 4.78 is 5.88. The molecule has 0 amide bonds. The monoisotopic (exact) mass is 362 g/mol. The number of piperidine rings is 1. The van der Waals surface area contributed by atoms with Gasteiger partial charge in [0.2, 0.25) is 5.95 Å². The second-order valence-corrected chi connectivity index (χ2v) is 7.39. The number of aromatic nitrogens is 4. The Morgan fingerprint density at radius 3 is 2.72 bits per heavy atom. The van der Waals surface area contributed by atoms with Crippen molar-refractivity contribution >= 4 is 29.2 Å². The van der Waals surface area contributed by atoms with Crippen molar-refractivity contribution in [1.29, 1.82) is 0 Å². The van der Waals surface area contributed by atoms with Gasteiger partial charge in [0.05, 0.1) is 0 Å². The van der Waals surface area contributed by atoms with Gasteiger partial charge in [0.25, 0.3) is 5.56 Å². The minimum absolute atomic E-state index is 0.132. The standard InChI is InChI=1S/C17H26N6OS/c1-11(2)7-9-23-14-13(15(24)20(3)21(4)16(14)25)19-17(23)22-8-5-6-12(18)10-22/h7,12H,5-6,8-10,18H2,1-4H3/t12-/m1/s1. The molecule has 1 fully saturated rings. The minimum atomic E-state index is -0.135. The van der Waals surface area contributed by atoms with E-state index in [4.69, 9.17) is 22.9 Å². The number of hydrogen-bond acceptors (Lipinski definition) is 5. The summed E-state index contributed by atoms with van der Waals surface area (Å²) in [6.07, 6.45) is 4.17. The Morgan fingerprint density at radius 1 is 1.36 bits per heavy atom. The van der Waals surface area contributed by atoms with Gasteiger partial charge >= 0.3 is 0 Å². The lowest BCUT2D eigenvalue weighted by molar-refractivity contribution is 0.495. The summed E-state index contributed by atoms with van der Waals surface area (Å²) in [5, 5.41) is 0. The van der Waals surface area contributed by atoms with Crippen molar-refractivity contribution in [3.05, 3.63) is 26.6 Å². The van der Waals surface area contributed by atoms with E-state index in [9.17, 15) is 4.79 Å². The van der Waals surface area contributed by atoms with E-state index in [2.05, 4.69) is 29.4 Å². The van der Waals surface area contributed by atoms with Crippen LogP contribution in [0.4, 0.5) is 5.95 Å². The smallest absolute Gasteiger partial charge is 0.293 e. The van der Waals surface area contributed by atoms with Gasteiger partial charge in [-0.05, 0) is 26.7 Å². The molecule has 0 spiro atoms. The Labute approximate surface area is 152 Å². The molecule has 0 bridgehead atoms. The third kappa shape index (κ3) is 3.16. The van der Waals surface area contributed by atoms with Gasteiger partial charge in [0.15, 0.2) is 5.52 Å². The van der Waals surface area contributed by atoms with Crippen molar-refractivity contribution in [3.8, 4) is 0 Å². The molecule has 1 aliphatic rings. The topological polar surface area (TPSA) is 74.0 Å². The largest absolute Gasteiger partial charge is 0.341 e. The number of rotatable bonds is 3. The molecule has 0 radical (unpaired) electrons. The van der Waals surface area contributed by atoms with Crippen LogP contribution in [0.5, 0.6) is 0 Å². The summed E-state index contributed by atoms with van der Waals surface area (Å²) >= 11 is 5.63. The lowest BCUT2D eigenvalue weighted by Crippen LogP contribution is -2.44. The van der Waals surface area contributed by atoms with Crippen LogP contribution in [0.2, 0.25) is 0 Å². The van der Waals surface area contributed by atoms with Gasteiger partial charge in [-0.3, -0.25) is 14.2 Å². The van der Waals surface area contributed by atoms with Crippen LogP contribution in [-0.4, -0.2) is 38.0 Å². The van der Waals surface area contributed by atoms with Crippen molar-refractivity contribution in [2.24, 2.45) is 19.8 Å². The molecule has 2 aromatic heterocycles. The molecule has 7 nitrogen and oxygen atoms in total. The van der Waals surface area contributed by atoms with E-state index in [0.717, 1.165) is 37.4 Å². The predicted octanol–water partition coefficient (Wildman–Crippen LogP) is 1.70. The third-order valence-electron chi connectivity index (χ3n) is 4.81. The van der Waals surface area contributed by atoms with Crippen LogP contribution >= 0.6 is 12.2 Å². The molecule has 1 aliphatic heterocycles. The summed E-state index contributed by atoms with van der Waals surface area (Å²) in [4.78, 5) is 19.6. The summed E-state index contributed by atoms with van der Waals surface area (Å²) in [5.41, 5.74) is 8.39. The Balaban J connectivity index is 2.28. The molecule has 1 saturated heterocycles. The highest BCUT2D eigenvalue weighted by Crippen LogP contribution is 2.24. The van der Waals surface area contributed by atoms with Gasteiger partial charge in [-0.15, -0.1) is 0 Å². The van der Waals surface area contributed by atoms with E-state index >= 15 is 0 Å². The van der Waals surface area contributed by atoms with E-state index < -0.39 is 0 Å². The molecule has 0 unspecified atom stereocenters. The van der Waals surface area contributed by atoms with E-state index in [-0.39, 0.29) is 11.6 Å². The number of nitrogens with zero attached hydrogens (tertiary/aromatic N) is 5. The third-order valence-corrected chi connectivity index (χ3v) is 5.27. The molecule has 2 aromatic rings. The van der Waals surface area contributed by atoms with Crippen molar-refractivity contribution < 1.29 is 0 Å². The van der Waals surface area contributed by atoms with Crippen molar-refractivity contribution in [2.75, 3.05) is 18.0 Å². The summed E-state index contributed by atoms with van der Waals surface area (Å²) in [6, 6.07) is 0.132. The van der Waals surface area contributed by atoms with Crippen molar-refractivity contribution in [1.82, 2.24) is 18.9 Å². The molecular formula is C17H26N6OS. The first-order chi connectivity index (χ1) is 11.8. The first kappa shape index (κ1) is 17.9. The van der Waals surface area contributed by atoms with Crippen LogP contribution in [0.25, 0.3) is 11.0 Å². The summed E-state index contributed by atoms with van der Waals surface area (Å²) in [7, 11) is 3.51. The zero-order valence-corrected chi connectivity index (χ0v) is 16.1. The van der Waals surface area contributed by atoms with Gasteiger partial charge in [-0.25, -0.2) is 4.98 Å². The number of nitrogens with two attached hydrogens (primary N) is 1. The van der Waals surface area contributed by atoms with Gasteiger partial charge < -0.3 is 15.2 Å². The zero-order valence-electron chi connectivity index (χ0n) is 15.3. The molecule has 25 heavy (non-hydrogen) atoms. The number of hydrogen-bond donors (Lipinski definition) is 1. The van der Waals surface area contributed by atoms with Gasteiger partial charge in [-0.1, -0.05) is 23.9 Å². The molecule has 2 N–H and O–H groups in total. The van der Waals surface area contributed by atoms with Crippen molar-refractivity contribution in [2.45, 2.75) is 39.3 Å². The van der Waals surface area contributed by atoms with Crippen LogP contribution in [0, 0.1) is 4.64 Å². The number of fused-ring (bicyclic) bond motifs is 1. The lowest BCUT2D eigenvalue weighted by atomic mass is 10.1. The maximum absolute atomic E-state index is 12.7. The molecular weight excluding hydrogens is 336 g/mol. The van der Waals surface area contributed by atoms with E-state index in [1.54, 1.807) is 18.8 Å². The second kappa shape index (κ2) is 6.76. The van der Waals surface area contributed by atoms with Crippen molar-refractivity contribution in [3.63, 3.8) is 0 Å².